The highest BCUT2D eigenvalue weighted by molar-refractivity contribution is 7.17. The number of hydrogen-bond acceptors (Lipinski definition) is 3. The lowest BCUT2D eigenvalue weighted by Crippen LogP contribution is -2.37. The second-order valence-corrected chi connectivity index (χ2v) is 7.28. The Morgan fingerprint density at radius 1 is 0.920 bits per heavy atom. The molecule has 5 aromatic rings. The molecule has 0 spiro atoms. The molecule has 2 heterocycles. The monoisotopic (exact) mass is 342 g/mol. The van der Waals surface area contributed by atoms with Crippen LogP contribution in [0.25, 0.3) is 43.3 Å². The van der Waals surface area contributed by atoms with Gasteiger partial charge in [-0.15, -0.1) is 16.0 Å². The van der Waals surface area contributed by atoms with Crippen LogP contribution in [0.1, 0.15) is 5.56 Å². The van der Waals surface area contributed by atoms with Gasteiger partial charge in [0.15, 0.2) is 5.52 Å². The second-order valence-electron chi connectivity index (χ2n) is 6.34. The van der Waals surface area contributed by atoms with Crippen molar-refractivity contribution in [3.63, 3.8) is 0 Å². The Kier molecular flexibility index (Phi) is 3.09. The number of hydrogen-bond donors (Lipinski definition) is 0. The van der Waals surface area contributed by atoms with Crippen molar-refractivity contribution in [3.8, 4) is 11.4 Å². The van der Waals surface area contributed by atoms with Gasteiger partial charge in [0, 0.05) is 10.1 Å². The van der Waals surface area contributed by atoms with Crippen LogP contribution in [0.2, 0.25) is 0 Å². The highest BCUT2D eigenvalue weighted by atomic mass is 32.1. The van der Waals surface area contributed by atoms with Crippen LogP contribution >= 0.6 is 11.3 Å². The number of rotatable bonds is 1. The van der Waals surface area contributed by atoms with Crippen molar-refractivity contribution in [2.24, 2.45) is 7.05 Å². The molecule has 0 fully saturated rings. The molecular weight excluding hydrogens is 326 g/mol. The fourth-order valence-corrected chi connectivity index (χ4v) is 4.24. The first-order valence-electron chi connectivity index (χ1n) is 8.25. The number of nitrogens with zero attached hydrogens (tertiary/aromatic N) is 3. The zero-order valence-corrected chi connectivity index (χ0v) is 14.8. The summed E-state index contributed by atoms with van der Waals surface area (Å²) in [5.41, 5.74) is 4.23. The first-order valence-corrected chi connectivity index (χ1v) is 9.13. The molecule has 4 heteroatoms. The molecule has 3 nitrogen and oxygen atoms in total. The zero-order chi connectivity index (χ0) is 17.0. The Labute approximate surface area is 149 Å². The Morgan fingerprint density at radius 2 is 1.68 bits per heavy atom. The lowest BCUT2D eigenvalue weighted by atomic mass is 10.0. The molecule has 0 aliphatic heterocycles. The van der Waals surface area contributed by atoms with Gasteiger partial charge in [-0.25, -0.2) is 0 Å². The van der Waals surface area contributed by atoms with Crippen LogP contribution in [0.3, 0.4) is 0 Å². The van der Waals surface area contributed by atoms with Crippen LogP contribution in [-0.2, 0) is 7.05 Å². The lowest BCUT2D eigenvalue weighted by Gasteiger charge is -2.05. The molecule has 120 valence electrons. The van der Waals surface area contributed by atoms with Gasteiger partial charge in [0.1, 0.15) is 7.05 Å². The summed E-state index contributed by atoms with van der Waals surface area (Å²) in [5.74, 6) is 0.907. The molecule has 0 atom stereocenters. The molecule has 2 aromatic heterocycles. The van der Waals surface area contributed by atoms with E-state index in [1.54, 1.807) is 11.3 Å². The van der Waals surface area contributed by atoms with Crippen LogP contribution in [0.5, 0.6) is 0 Å². The first kappa shape index (κ1) is 14.5. The van der Waals surface area contributed by atoms with Crippen molar-refractivity contribution >= 4 is 43.2 Å². The van der Waals surface area contributed by atoms with Gasteiger partial charge >= 0.3 is 5.82 Å². The van der Waals surface area contributed by atoms with E-state index < -0.39 is 0 Å². The minimum atomic E-state index is 0.907. The van der Waals surface area contributed by atoms with E-state index in [1.807, 2.05) is 11.7 Å². The summed E-state index contributed by atoms with van der Waals surface area (Å²) in [6.07, 6.45) is 0. The van der Waals surface area contributed by atoms with Crippen LogP contribution in [0.15, 0.2) is 60.0 Å². The molecule has 0 N–H and O–H groups in total. The summed E-state index contributed by atoms with van der Waals surface area (Å²) in [7, 11) is 1.97. The SMILES string of the molecule is Cc1ccc2sccc2c1-c1nc2cc3ccccc3cc2n[n+]1C. The quantitative estimate of drug-likeness (QED) is 0.323. The minimum absolute atomic E-state index is 0.907. The van der Waals surface area contributed by atoms with Crippen molar-refractivity contribution in [3.05, 3.63) is 65.5 Å². The fourth-order valence-electron chi connectivity index (χ4n) is 3.45. The highest BCUT2D eigenvalue weighted by Crippen LogP contribution is 2.32. The van der Waals surface area contributed by atoms with E-state index in [1.165, 1.54) is 32.0 Å². The maximum absolute atomic E-state index is 4.99. The Morgan fingerprint density at radius 3 is 2.48 bits per heavy atom. The van der Waals surface area contributed by atoms with Crippen molar-refractivity contribution in [2.45, 2.75) is 6.92 Å². The molecule has 0 saturated carbocycles. The van der Waals surface area contributed by atoms with Crippen molar-refractivity contribution in [1.82, 2.24) is 10.1 Å². The summed E-state index contributed by atoms with van der Waals surface area (Å²) in [5, 5.41) is 10.5. The molecule has 0 bridgehead atoms. The Hall–Kier alpha value is -2.85. The minimum Gasteiger partial charge on any atom is -0.144 e. The predicted octanol–water partition coefficient (Wildman–Crippen LogP) is 4.80. The Bertz CT molecular complexity index is 1270. The van der Waals surface area contributed by atoms with E-state index in [0.29, 0.717) is 0 Å². The Balaban J connectivity index is 1.86. The average molecular weight is 342 g/mol. The summed E-state index contributed by atoms with van der Waals surface area (Å²) in [6.45, 7) is 2.14. The molecule has 0 radical (unpaired) electrons. The van der Waals surface area contributed by atoms with Crippen LogP contribution in [0.4, 0.5) is 0 Å². The number of thiophene rings is 1. The topological polar surface area (TPSA) is 29.7 Å². The van der Waals surface area contributed by atoms with Gasteiger partial charge in [0.25, 0.3) is 0 Å². The van der Waals surface area contributed by atoms with E-state index in [9.17, 15) is 0 Å². The van der Waals surface area contributed by atoms with E-state index in [-0.39, 0.29) is 0 Å². The van der Waals surface area contributed by atoms with Crippen molar-refractivity contribution in [1.29, 1.82) is 0 Å². The standard InChI is InChI=1S/C21H16N3S/c1-13-7-8-19-16(9-10-25-19)20(13)21-22-17-11-14-5-3-4-6-15(14)12-18(17)23-24(21)2/h3-12H,1-2H3/q+1. The number of fused-ring (bicyclic) bond motifs is 3. The average Bonchev–Trinajstić information content (AvgIpc) is 3.08. The number of aryl methyl sites for hydroxylation is 2. The fraction of sp³-hybridized carbons (Fsp3) is 0.0952. The smallest absolute Gasteiger partial charge is 0.144 e. The van der Waals surface area contributed by atoms with Gasteiger partial charge in [-0.2, -0.15) is 0 Å². The van der Waals surface area contributed by atoms with Crippen LogP contribution in [0, 0.1) is 6.92 Å². The van der Waals surface area contributed by atoms with Gasteiger partial charge < -0.3 is 0 Å². The largest absolute Gasteiger partial charge is 0.351 e. The molecule has 25 heavy (non-hydrogen) atoms. The predicted molar refractivity (Wildman–Crippen MR) is 104 cm³/mol. The van der Waals surface area contributed by atoms with Gasteiger partial charge in [-0.05, 0) is 57.9 Å². The summed E-state index contributed by atoms with van der Waals surface area (Å²) >= 11 is 1.76. The normalized spacial score (nSPS) is 11.6. The molecule has 3 aromatic carbocycles. The van der Waals surface area contributed by atoms with E-state index in [2.05, 4.69) is 66.9 Å². The van der Waals surface area contributed by atoms with Crippen LogP contribution < -0.4 is 4.68 Å². The second kappa shape index (κ2) is 5.33. The van der Waals surface area contributed by atoms with E-state index in [0.717, 1.165) is 16.9 Å². The summed E-state index contributed by atoms with van der Waals surface area (Å²) < 4.78 is 3.18. The van der Waals surface area contributed by atoms with Gasteiger partial charge in [0.2, 0.25) is 5.52 Å². The van der Waals surface area contributed by atoms with E-state index in [4.69, 9.17) is 10.1 Å². The van der Waals surface area contributed by atoms with Gasteiger partial charge in [-0.1, -0.05) is 35.4 Å². The summed E-state index contributed by atoms with van der Waals surface area (Å²) in [4.78, 5) is 4.99. The van der Waals surface area contributed by atoms with Crippen molar-refractivity contribution < 1.29 is 4.68 Å². The highest BCUT2D eigenvalue weighted by Gasteiger charge is 2.22. The number of aromatic nitrogens is 3. The molecule has 0 amide bonds. The third-order valence-corrected chi connectivity index (χ3v) is 5.58. The molecule has 0 unspecified atom stereocenters. The number of benzene rings is 3. The lowest BCUT2D eigenvalue weighted by molar-refractivity contribution is -0.720. The molecule has 0 saturated heterocycles. The maximum Gasteiger partial charge on any atom is 0.351 e. The molecule has 0 aliphatic rings. The molecule has 5 rings (SSSR count). The third-order valence-electron chi connectivity index (χ3n) is 4.70. The zero-order valence-electron chi connectivity index (χ0n) is 14.0. The molecular formula is C21H16N3S+. The van der Waals surface area contributed by atoms with Crippen LogP contribution in [-0.4, -0.2) is 10.1 Å². The molecule has 0 aliphatic carbocycles. The third kappa shape index (κ3) is 2.22. The van der Waals surface area contributed by atoms with E-state index >= 15 is 0 Å². The maximum atomic E-state index is 4.99. The van der Waals surface area contributed by atoms with Gasteiger partial charge in [0.05, 0.1) is 5.56 Å². The van der Waals surface area contributed by atoms with Gasteiger partial charge in [-0.3, -0.25) is 0 Å². The first-order chi connectivity index (χ1) is 12.2. The van der Waals surface area contributed by atoms with Crippen molar-refractivity contribution in [2.75, 3.05) is 0 Å². The summed E-state index contributed by atoms with van der Waals surface area (Å²) in [6, 6.07) is 19.1.